The molecule has 1 N–H and O–H groups in total. The first-order valence-corrected chi connectivity index (χ1v) is 7.95. The molecule has 0 atom stereocenters. The summed E-state index contributed by atoms with van der Waals surface area (Å²) in [4.78, 5) is 12.5. The molecule has 2 nitrogen and oxygen atoms in total. The van der Waals surface area contributed by atoms with Crippen molar-refractivity contribution < 1.29 is 4.79 Å². The zero-order valence-electron chi connectivity index (χ0n) is 12.6. The third-order valence-corrected chi connectivity index (χ3v) is 5.00. The Balaban J connectivity index is 2.13. The second-order valence-corrected chi connectivity index (χ2v) is 6.64. The largest absolute Gasteiger partial charge is 0.345 e. The van der Waals surface area contributed by atoms with Crippen LogP contribution >= 0.6 is 11.6 Å². The van der Waals surface area contributed by atoms with Gasteiger partial charge in [0.25, 0.3) is 5.91 Å². The van der Waals surface area contributed by atoms with Gasteiger partial charge in [0.05, 0.1) is 5.54 Å². The highest BCUT2D eigenvalue weighted by atomic mass is 35.5. The highest BCUT2D eigenvalue weighted by Crippen LogP contribution is 2.33. The minimum atomic E-state index is -0.220. The molecule has 1 saturated carbocycles. The van der Waals surface area contributed by atoms with Crippen LogP contribution in [0.15, 0.2) is 18.2 Å². The molecule has 0 unspecified atom stereocenters. The van der Waals surface area contributed by atoms with Gasteiger partial charge in [0.2, 0.25) is 0 Å². The molecule has 1 aliphatic carbocycles. The molecular formula is C17H24ClNO. The van der Waals surface area contributed by atoms with E-state index >= 15 is 0 Å². The molecule has 0 aromatic heterocycles. The number of hydrogen-bond acceptors (Lipinski definition) is 1. The number of halogens is 1. The van der Waals surface area contributed by atoms with Crippen LogP contribution in [-0.2, 0) is 0 Å². The molecule has 110 valence electrons. The van der Waals surface area contributed by atoms with Gasteiger partial charge in [-0.1, -0.05) is 24.6 Å². The highest BCUT2D eigenvalue weighted by molar-refractivity contribution is 6.19. The SMILES string of the molecule is Cc1ccc(C(=O)NC2(CCl)CCC(C)CC2)c(C)c1. The Labute approximate surface area is 126 Å². The van der Waals surface area contributed by atoms with Crippen molar-refractivity contribution in [3.63, 3.8) is 0 Å². The van der Waals surface area contributed by atoms with E-state index in [4.69, 9.17) is 11.6 Å². The summed E-state index contributed by atoms with van der Waals surface area (Å²) in [5, 5.41) is 3.21. The van der Waals surface area contributed by atoms with Crippen LogP contribution in [0.2, 0.25) is 0 Å². The number of carbonyl (C=O) groups is 1. The molecule has 1 aromatic rings. The molecule has 1 fully saturated rings. The molecule has 3 heteroatoms. The molecule has 1 amide bonds. The molecule has 0 bridgehead atoms. The van der Waals surface area contributed by atoms with Crippen molar-refractivity contribution in [2.45, 2.75) is 52.0 Å². The Bertz CT molecular complexity index is 490. The Morgan fingerprint density at radius 3 is 2.55 bits per heavy atom. The van der Waals surface area contributed by atoms with Gasteiger partial charge in [-0.2, -0.15) is 0 Å². The fourth-order valence-electron chi connectivity index (χ4n) is 2.98. The molecule has 20 heavy (non-hydrogen) atoms. The van der Waals surface area contributed by atoms with Gasteiger partial charge in [-0.05, 0) is 57.1 Å². The number of aryl methyl sites for hydroxylation is 2. The maximum atomic E-state index is 12.5. The number of nitrogens with one attached hydrogen (secondary N) is 1. The van der Waals surface area contributed by atoms with Gasteiger partial charge in [-0.15, -0.1) is 11.6 Å². The van der Waals surface area contributed by atoms with Crippen LogP contribution < -0.4 is 5.32 Å². The van der Waals surface area contributed by atoms with Gasteiger partial charge in [0, 0.05) is 11.4 Å². The summed E-state index contributed by atoms with van der Waals surface area (Å²) in [6.45, 7) is 6.29. The predicted molar refractivity (Wildman–Crippen MR) is 84.5 cm³/mol. The first kappa shape index (κ1) is 15.4. The van der Waals surface area contributed by atoms with Crippen molar-refractivity contribution in [1.82, 2.24) is 5.32 Å². The fraction of sp³-hybridized carbons (Fsp3) is 0.588. The lowest BCUT2D eigenvalue weighted by atomic mass is 9.78. The second kappa shape index (κ2) is 6.17. The van der Waals surface area contributed by atoms with Crippen molar-refractivity contribution in [3.8, 4) is 0 Å². The maximum Gasteiger partial charge on any atom is 0.252 e. The van der Waals surface area contributed by atoms with Crippen LogP contribution in [-0.4, -0.2) is 17.3 Å². The lowest BCUT2D eigenvalue weighted by Crippen LogP contribution is -2.52. The summed E-state index contributed by atoms with van der Waals surface area (Å²) in [7, 11) is 0. The molecule has 1 aliphatic rings. The summed E-state index contributed by atoms with van der Waals surface area (Å²) < 4.78 is 0. The lowest BCUT2D eigenvalue weighted by Gasteiger charge is -2.38. The van der Waals surface area contributed by atoms with E-state index in [2.05, 4.69) is 12.2 Å². The molecular weight excluding hydrogens is 270 g/mol. The van der Waals surface area contributed by atoms with Gasteiger partial charge >= 0.3 is 0 Å². The molecule has 0 heterocycles. The number of amides is 1. The van der Waals surface area contributed by atoms with Crippen LogP contribution in [0, 0.1) is 19.8 Å². The van der Waals surface area contributed by atoms with Gasteiger partial charge < -0.3 is 5.32 Å². The van der Waals surface area contributed by atoms with Crippen LogP contribution in [0.5, 0.6) is 0 Å². The molecule has 0 aliphatic heterocycles. The van der Waals surface area contributed by atoms with Crippen molar-refractivity contribution in [2.24, 2.45) is 5.92 Å². The summed E-state index contributed by atoms with van der Waals surface area (Å²) >= 11 is 6.17. The van der Waals surface area contributed by atoms with Gasteiger partial charge in [0.1, 0.15) is 0 Å². The smallest absolute Gasteiger partial charge is 0.252 e. The number of rotatable bonds is 3. The van der Waals surface area contributed by atoms with Crippen LogP contribution in [0.4, 0.5) is 0 Å². The Morgan fingerprint density at radius 2 is 2.00 bits per heavy atom. The quantitative estimate of drug-likeness (QED) is 0.831. The highest BCUT2D eigenvalue weighted by Gasteiger charge is 2.35. The average molecular weight is 294 g/mol. The van der Waals surface area contributed by atoms with Gasteiger partial charge in [0.15, 0.2) is 0 Å². The minimum absolute atomic E-state index is 0.0118. The monoisotopic (exact) mass is 293 g/mol. The van der Waals surface area contributed by atoms with E-state index in [0.717, 1.165) is 42.7 Å². The Kier molecular flexibility index (Phi) is 4.74. The number of carbonyl (C=O) groups excluding carboxylic acids is 1. The first-order valence-electron chi connectivity index (χ1n) is 7.41. The van der Waals surface area contributed by atoms with E-state index in [1.165, 1.54) is 5.56 Å². The Hall–Kier alpha value is -1.02. The number of alkyl halides is 1. The van der Waals surface area contributed by atoms with Gasteiger partial charge in [-0.25, -0.2) is 0 Å². The third-order valence-electron chi connectivity index (χ3n) is 4.49. The van der Waals surface area contributed by atoms with Gasteiger partial charge in [-0.3, -0.25) is 4.79 Å². The topological polar surface area (TPSA) is 29.1 Å². The molecule has 1 aromatic carbocycles. The first-order chi connectivity index (χ1) is 9.46. The summed E-state index contributed by atoms with van der Waals surface area (Å²) in [5.41, 5.74) is 2.75. The molecule has 2 rings (SSSR count). The fourth-order valence-corrected chi connectivity index (χ4v) is 3.32. The van der Waals surface area contributed by atoms with E-state index in [9.17, 15) is 4.79 Å². The molecule has 0 radical (unpaired) electrons. The summed E-state index contributed by atoms with van der Waals surface area (Å²) in [6.07, 6.45) is 4.24. The van der Waals surface area contributed by atoms with Crippen LogP contribution in [0.1, 0.15) is 54.1 Å². The zero-order valence-corrected chi connectivity index (χ0v) is 13.4. The molecule has 0 spiro atoms. The normalized spacial score (nSPS) is 26.3. The van der Waals surface area contributed by atoms with Crippen molar-refractivity contribution >= 4 is 17.5 Å². The number of benzene rings is 1. The van der Waals surface area contributed by atoms with E-state index in [1.54, 1.807) is 0 Å². The third kappa shape index (κ3) is 3.35. The minimum Gasteiger partial charge on any atom is -0.345 e. The molecule has 0 saturated heterocycles. The Morgan fingerprint density at radius 1 is 1.35 bits per heavy atom. The summed E-state index contributed by atoms with van der Waals surface area (Å²) in [6, 6.07) is 5.94. The van der Waals surface area contributed by atoms with E-state index < -0.39 is 0 Å². The van der Waals surface area contributed by atoms with E-state index in [0.29, 0.717) is 5.88 Å². The predicted octanol–water partition coefficient (Wildman–Crippen LogP) is 4.22. The van der Waals surface area contributed by atoms with E-state index in [1.807, 2.05) is 32.0 Å². The van der Waals surface area contributed by atoms with Crippen molar-refractivity contribution in [3.05, 3.63) is 34.9 Å². The van der Waals surface area contributed by atoms with Crippen molar-refractivity contribution in [1.29, 1.82) is 0 Å². The maximum absolute atomic E-state index is 12.5. The zero-order chi connectivity index (χ0) is 14.8. The summed E-state index contributed by atoms with van der Waals surface area (Å²) in [5.74, 6) is 1.25. The van der Waals surface area contributed by atoms with Crippen LogP contribution in [0.3, 0.4) is 0 Å². The number of hydrogen-bond donors (Lipinski definition) is 1. The second-order valence-electron chi connectivity index (χ2n) is 6.37. The average Bonchev–Trinajstić information content (AvgIpc) is 2.41. The van der Waals surface area contributed by atoms with Crippen molar-refractivity contribution in [2.75, 3.05) is 5.88 Å². The van der Waals surface area contributed by atoms with Crippen LogP contribution in [0.25, 0.3) is 0 Å². The lowest BCUT2D eigenvalue weighted by molar-refractivity contribution is 0.0872. The van der Waals surface area contributed by atoms with E-state index in [-0.39, 0.29) is 11.4 Å². The standard InChI is InChI=1S/C17H24ClNO/c1-12-6-8-17(11-18,9-7-12)19-16(20)15-5-4-13(2)10-14(15)3/h4-5,10,12H,6-9,11H2,1-3H3,(H,19,20).